The van der Waals surface area contributed by atoms with Crippen LogP contribution in [-0.2, 0) is 0 Å². The molecule has 2 N–H and O–H groups in total. The van der Waals surface area contributed by atoms with E-state index in [0.717, 1.165) is 11.9 Å². The number of fused-ring (bicyclic) bond motifs is 1. The molecule has 0 saturated heterocycles. The van der Waals surface area contributed by atoms with Crippen LogP contribution in [0.3, 0.4) is 0 Å². The van der Waals surface area contributed by atoms with Gasteiger partial charge >= 0.3 is 0 Å². The van der Waals surface area contributed by atoms with Gasteiger partial charge in [-0.3, -0.25) is 10.1 Å². The van der Waals surface area contributed by atoms with E-state index in [-0.39, 0.29) is 10.7 Å². The van der Waals surface area contributed by atoms with E-state index >= 15 is 0 Å². The number of halogens is 2. The second-order valence-electron chi connectivity index (χ2n) is 7.64. The smallest absolute Gasteiger partial charge is 0.260 e. The minimum absolute atomic E-state index is 0.0157. The van der Waals surface area contributed by atoms with E-state index in [1.54, 1.807) is 24.3 Å². The summed E-state index contributed by atoms with van der Waals surface area (Å²) in [7, 11) is 0. The summed E-state index contributed by atoms with van der Waals surface area (Å²) < 4.78 is 19.8. The van der Waals surface area contributed by atoms with Crippen LogP contribution in [-0.4, -0.2) is 16.0 Å². The van der Waals surface area contributed by atoms with Crippen LogP contribution < -0.4 is 10.6 Å². The Kier molecular flexibility index (Phi) is 6.72. The summed E-state index contributed by atoms with van der Waals surface area (Å²) in [6.45, 7) is 4.32. The lowest BCUT2D eigenvalue weighted by atomic mass is 9.98. The van der Waals surface area contributed by atoms with E-state index in [1.807, 2.05) is 12.1 Å². The number of carbonyl (C=O) groups is 1. The molecule has 4 rings (SSSR count). The number of nitrogens with one attached hydrogen (secondary N) is 2. The van der Waals surface area contributed by atoms with E-state index < -0.39 is 11.7 Å². The van der Waals surface area contributed by atoms with Gasteiger partial charge in [-0.25, -0.2) is 9.37 Å². The van der Waals surface area contributed by atoms with Crippen molar-refractivity contribution >= 4 is 51.6 Å². The summed E-state index contributed by atoms with van der Waals surface area (Å²) in [6.07, 6.45) is 1.04. The average molecular weight is 482 g/mol. The molecule has 0 fully saturated rings. The number of oxazole rings is 1. The maximum absolute atomic E-state index is 13.8. The van der Waals surface area contributed by atoms with Crippen molar-refractivity contribution in [3.8, 4) is 11.5 Å². The Balaban J connectivity index is 1.55. The topological polar surface area (TPSA) is 67.2 Å². The summed E-state index contributed by atoms with van der Waals surface area (Å²) in [6, 6.07) is 16.9. The van der Waals surface area contributed by atoms with Crippen molar-refractivity contribution < 1.29 is 13.6 Å². The molecule has 4 aromatic rings. The van der Waals surface area contributed by atoms with Crippen molar-refractivity contribution in [3.63, 3.8) is 0 Å². The number of rotatable bonds is 5. The first-order valence-corrected chi connectivity index (χ1v) is 11.2. The van der Waals surface area contributed by atoms with Crippen molar-refractivity contribution in [1.82, 2.24) is 10.3 Å². The van der Waals surface area contributed by atoms with Crippen molar-refractivity contribution in [2.75, 3.05) is 5.32 Å². The van der Waals surface area contributed by atoms with E-state index in [1.165, 1.54) is 23.8 Å². The third-order valence-corrected chi connectivity index (χ3v) is 5.93. The van der Waals surface area contributed by atoms with Crippen molar-refractivity contribution in [2.45, 2.75) is 26.2 Å². The molecule has 0 unspecified atom stereocenters. The summed E-state index contributed by atoms with van der Waals surface area (Å²) in [5.74, 6) is -0.423. The van der Waals surface area contributed by atoms with Crippen LogP contribution in [0.25, 0.3) is 22.6 Å². The van der Waals surface area contributed by atoms with Crippen LogP contribution in [0, 0.1) is 5.82 Å². The molecule has 1 aromatic heterocycles. The van der Waals surface area contributed by atoms with Crippen LogP contribution in [0.1, 0.15) is 42.1 Å². The minimum Gasteiger partial charge on any atom is -0.436 e. The molecule has 0 aliphatic carbocycles. The van der Waals surface area contributed by atoms with Gasteiger partial charge in [0.05, 0.1) is 16.3 Å². The molecule has 3 aromatic carbocycles. The van der Waals surface area contributed by atoms with Gasteiger partial charge in [-0.15, -0.1) is 0 Å². The highest BCUT2D eigenvalue weighted by Crippen LogP contribution is 2.31. The highest BCUT2D eigenvalue weighted by molar-refractivity contribution is 7.80. The molecule has 168 valence electrons. The first kappa shape index (κ1) is 22.9. The van der Waals surface area contributed by atoms with E-state index in [9.17, 15) is 9.18 Å². The fourth-order valence-electron chi connectivity index (χ4n) is 3.33. The Bertz CT molecular complexity index is 1350. The molecule has 1 amide bonds. The van der Waals surface area contributed by atoms with Gasteiger partial charge in [0.15, 0.2) is 10.7 Å². The zero-order chi connectivity index (χ0) is 23.5. The number of anilines is 1. The second kappa shape index (κ2) is 9.68. The van der Waals surface area contributed by atoms with Crippen LogP contribution in [0.4, 0.5) is 10.1 Å². The Labute approximate surface area is 201 Å². The van der Waals surface area contributed by atoms with Gasteiger partial charge in [-0.1, -0.05) is 43.6 Å². The Morgan fingerprint density at radius 3 is 2.73 bits per heavy atom. The summed E-state index contributed by atoms with van der Waals surface area (Å²) in [5.41, 5.74) is 3.71. The van der Waals surface area contributed by atoms with Gasteiger partial charge in [-0.05, 0) is 72.6 Å². The highest BCUT2D eigenvalue weighted by Gasteiger charge is 2.15. The second-order valence-corrected chi connectivity index (χ2v) is 8.45. The molecule has 0 aliphatic heterocycles. The normalized spacial score (nSPS) is 11.9. The van der Waals surface area contributed by atoms with Gasteiger partial charge in [-0.2, -0.15) is 0 Å². The van der Waals surface area contributed by atoms with E-state index in [0.29, 0.717) is 33.7 Å². The van der Waals surface area contributed by atoms with Crippen molar-refractivity contribution in [1.29, 1.82) is 0 Å². The van der Waals surface area contributed by atoms with Crippen LogP contribution >= 0.6 is 23.8 Å². The molecule has 0 spiro atoms. The standard InChI is InChI=1S/C25H21ClFN3O2S/c1-3-14(2)15-9-11-22-21(12-15)28-24(32-22)16-8-10-18(26)20(13-16)29-25(33)30-23(31)17-6-4-5-7-19(17)27/h4-14H,3H2,1-2H3,(H2,29,30,31,33)/t14-/m1/s1. The van der Waals surface area contributed by atoms with Crippen LogP contribution in [0.5, 0.6) is 0 Å². The number of hydrogen-bond acceptors (Lipinski definition) is 4. The van der Waals surface area contributed by atoms with Gasteiger partial charge in [0.25, 0.3) is 5.91 Å². The van der Waals surface area contributed by atoms with Crippen LogP contribution in [0.15, 0.2) is 65.1 Å². The lowest BCUT2D eigenvalue weighted by molar-refractivity contribution is 0.0974. The maximum atomic E-state index is 13.8. The zero-order valence-corrected chi connectivity index (χ0v) is 19.6. The number of amides is 1. The summed E-state index contributed by atoms with van der Waals surface area (Å²) in [4.78, 5) is 16.9. The predicted octanol–water partition coefficient (Wildman–Crippen LogP) is 6.93. The van der Waals surface area contributed by atoms with Gasteiger partial charge < -0.3 is 9.73 Å². The third kappa shape index (κ3) is 5.05. The van der Waals surface area contributed by atoms with Crippen LogP contribution in [0.2, 0.25) is 5.02 Å². The van der Waals surface area contributed by atoms with E-state index in [2.05, 4.69) is 35.5 Å². The first-order chi connectivity index (χ1) is 15.9. The Hall–Kier alpha value is -3.29. The monoisotopic (exact) mass is 481 g/mol. The third-order valence-electron chi connectivity index (χ3n) is 5.40. The quantitative estimate of drug-likeness (QED) is 0.302. The molecule has 0 radical (unpaired) electrons. The fourth-order valence-corrected chi connectivity index (χ4v) is 3.70. The molecule has 33 heavy (non-hydrogen) atoms. The Morgan fingerprint density at radius 2 is 1.97 bits per heavy atom. The number of aromatic nitrogens is 1. The molecule has 8 heteroatoms. The summed E-state index contributed by atoms with van der Waals surface area (Å²) in [5, 5.41) is 5.71. The fraction of sp³-hybridized carbons (Fsp3) is 0.160. The lowest BCUT2D eigenvalue weighted by Gasteiger charge is -2.12. The SMILES string of the molecule is CC[C@@H](C)c1ccc2oc(-c3ccc(Cl)c(NC(=S)NC(=O)c4ccccc4F)c3)nc2c1. The highest BCUT2D eigenvalue weighted by atomic mass is 35.5. The molecule has 0 saturated carbocycles. The molecular weight excluding hydrogens is 461 g/mol. The van der Waals surface area contributed by atoms with Crippen molar-refractivity contribution in [2.24, 2.45) is 0 Å². The number of hydrogen-bond donors (Lipinski definition) is 2. The van der Waals surface area contributed by atoms with E-state index in [4.69, 9.17) is 28.2 Å². The van der Waals surface area contributed by atoms with Gasteiger partial charge in [0, 0.05) is 5.56 Å². The van der Waals surface area contributed by atoms with Crippen molar-refractivity contribution in [3.05, 3.63) is 82.6 Å². The van der Waals surface area contributed by atoms with Gasteiger partial charge in [0.2, 0.25) is 5.89 Å². The number of carbonyl (C=O) groups excluding carboxylic acids is 1. The molecule has 1 heterocycles. The number of benzene rings is 3. The molecule has 0 bridgehead atoms. The number of thiocarbonyl (C=S) groups is 1. The largest absolute Gasteiger partial charge is 0.436 e. The lowest BCUT2D eigenvalue weighted by Crippen LogP contribution is -2.34. The van der Waals surface area contributed by atoms with Gasteiger partial charge in [0.1, 0.15) is 11.3 Å². The first-order valence-electron chi connectivity index (χ1n) is 10.4. The molecule has 1 atom stereocenters. The molecule has 0 aliphatic rings. The zero-order valence-electron chi connectivity index (χ0n) is 18.0. The minimum atomic E-state index is -0.658. The predicted molar refractivity (Wildman–Crippen MR) is 133 cm³/mol. The average Bonchev–Trinajstić information content (AvgIpc) is 3.23. The molecular formula is C25H21ClFN3O2S. The summed E-state index contributed by atoms with van der Waals surface area (Å²) >= 11 is 11.5. The maximum Gasteiger partial charge on any atom is 0.260 e. The Morgan fingerprint density at radius 1 is 1.18 bits per heavy atom. The number of nitrogens with zero attached hydrogens (tertiary/aromatic N) is 1. The molecule has 5 nitrogen and oxygen atoms in total.